The molecule has 1 saturated heterocycles. The average molecular weight is 687 g/mol. The fourth-order valence-electron chi connectivity index (χ4n) is 5.52. The van der Waals surface area contributed by atoms with Crippen molar-refractivity contribution in [2.75, 3.05) is 19.7 Å². The number of nitrogens with zero attached hydrogens (tertiary/aromatic N) is 1. The van der Waals surface area contributed by atoms with Gasteiger partial charge in [-0.15, -0.1) is 0 Å². The van der Waals surface area contributed by atoms with Crippen molar-refractivity contribution in [2.24, 2.45) is 17.6 Å². The Morgan fingerprint density at radius 1 is 0.860 bits per heavy atom. The van der Waals surface area contributed by atoms with Gasteiger partial charge in [-0.25, -0.2) is 9.59 Å². The van der Waals surface area contributed by atoms with Crippen molar-refractivity contribution in [2.45, 2.75) is 51.6 Å². The third kappa shape index (κ3) is 10.6. The summed E-state index contributed by atoms with van der Waals surface area (Å²) in [5, 5.41) is 15.1. The molecule has 1 fully saturated rings. The topological polar surface area (TPSA) is 194 Å². The molecule has 2 atom stereocenters. The van der Waals surface area contributed by atoms with Crippen LogP contribution in [-0.4, -0.2) is 77.4 Å². The SMILES string of the molecule is CC(C)C[C@H](NC(=O)COc1ccccc1C(=O)c1ccccc1)C(=O)N[C@@H](Cc1ccc(OC(=O)N2CCC(C(N)=O)CC2)cc1)C(=O)O. The molecule has 3 aromatic rings. The maximum absolute atomic E-state index is 13.3. The number of carbonyl (C=O) groups is 6. The van der Waals surface area contributed by atoms with Crippen molar-refractivity contribution in [1.29, 1.82) is 0 Å². The molecule has 264 valence electrons. The van der Waals surface area contributed by atoms with Crippen molar-refractivity contribution in [1.82, 2.24) is 15.5 Å². The maximum Gasteiger partial charge on any atom is 0.415 e. The van der Waals surface area contributed by atoms with E-state index in [0.717, 1.165) is 0 Å². The van der Waals surface area contributed by atoms with Crippen molar-refractivity contribution in [3.63, 3.8) is 0 Å². The van der Waals surface area contributed by atoms with Gasteiger partial charge < -0.3 is 35.8 Å². The van der Waals surface area contributed by atoms with Crippen LogP contribution in [0.25, 0.3) is 0 Å². The molecule has 0 saturated carbocycles. The first kappa shape index (κ1) is 37.1. The highest BCUT2D eigenvalue weighted by molar-refractivity contribution is 6.10. The molecule has 4 rings (SSSR count). The fourth-order valence-corrected chi connectivity index (χ4v) is 5.52. The number of carbonyl (C=O) groups excluding carboxylic acids is 5. The largest absolute Gasteiger partial charge is 0.483 e. The van der Waals surface area contributed by atoms with Crippen LogP contribution in [0.1, 0.15) is 54.6 Å². The lowest BCUT2D eigenvalue weighted by molar-refractivity contribution is -0.142. The Bertz CT molecular complexity index is 1670. The average Bonchev–Trinajstić information content (AvgIpc) is 3.10. The molecule has 0 spiro atoms. The number of rotatable bonds is 15. The summed E-state index contributed by atoms with van der Waals surface area (Å²) in [6.45, 7) is 3.94. The third-order valence-electron chi connectivity index (χ3n) is 8.22. The summed E-state index contributed by atoms with van der Waals surface area (Å²) >= 11 is 0. The molecular formula is C37H42N4O9. The molecule has 0 aromatic heterocycles. The predicted molar refractivity (Wildman–Crippen MR) is 182 cm³/mol. The molecule has 13 nitrogen and oxygen atoms in total. The van der Waals surface area contributed by atoms with Crippen LogP contribution in [0.2, 0.25) is 0 Å². The molecule has 1 aliphatic heterocycles. The van der Waals surface area contributed by atoms with Crippen LogP contribution in [0, 0.1) is 11.8 Å². The summed E-state index contributed by atoms with van der Waals surface area (Å²) in [6, 6.07) is 19.1. The van der Waals surface area contributed by atoms with Gasteiger partial charge in [-0.1, -0.05) is 68.4 Å². The Kier molecular flexibility index (Phi) is 13.1. The summed E-state index contributed by atoms with van der Waals surface area (Å²) in [5.74, 6) is -3.06. The number of piperidine rings is 1. The minimum Gasteiger partial charge on any atom is -0.483 e. The second-order valence-corrected chi connectivity index (χ2v) is 12.5. The minimum absolute atomic E-state index is 0.0239. The van der Waals surface area contributed by atoms with Gasteiger partial charge in [-0.05, 0) is 55.0 Å². The van der Waals surface area contributed by atoms with Crippen LogP contribution >= 0.6 is 0 Å². The van der Waals surface area contributed by atoms with Gasteiger partial charge in [0.2, 0.25) is 11.8 Å². The number of nitrogens with one attached hydrogen (secondary N) is 2. The molecule has 1 heterocycles. The zero-order valence-corrected chi connectivity index (χ0v) is 28.0. The monoisotopic (exact) mass is 686 g/mol. The lowest BCUT2D eigenvalue weighted by atomic mass is 9.97. The Balaban J connectivity index is 1.33. The van der Waals surface area contributed by atoms with E-state index < -0.39 is 42.6 Å². The van der Waals surface area contributed by atoms with Crippen LogP contribution in [-0.2, 0) is 25.6 Å². The quantitative estimate of drug-likeness (QED) is 0.174. The van der Waals surface area contributed by atoms with Crippen LogP contribution in [0.5, 0.6) is 11.5 Å². The van der Waals surface area contributed by atoms with E-state index in [0.29, 0.717) is 37.1 Å². The smallest absolute Gasteiger partial charge is 0.415 e. The fraction of sp³-hybridized carbons (Fsp3) is 0.351. The van der Waals surface area contributed by atoms with Gasteiger partial charge in [0.05, 0.1) is 5.56 Å². The van der Waals surface area contributed by atoms with Gasteiger partial charge in [-0.3, -0.25) is 19.2 Å². The number of amides is 4. The molecule has 50 heavy (non-hydrogen) atoms. The first-order valence-electron chi connectivity index (χ1n) is 16.4. The molecule has 4 amide bonds. The first-order valence-corrected chi connectivity index (χ1v) is 16.4. The molecule has 0 aliphatic carbocycles. The van der Waals surface area contributed by atoms with E-state index >= 15 is 0 Å². The lowest BCUT2D eigenvalue weighted by Crippen LogP contribution is -2.53. The number of carboxylic acid groups (broad SMARTS) is 1. The van der Waals surface area contributed by atoms with Crippen molar-refractivity contribution >= 4 is 35.6 Å². The summed E-state index contributed by atoms with van der Waals surface area (Å²) in [5.41, 5.74) is 6.65. The van der Waals surface area contributed by atoms with Crippen molar-refractivity contribution in [3.05, 3.63) is 95.6 Å². The van der Waals surface area contributed by atoms with Crippen LogP contribution in [0.3, 0.4) is 0 Å². The summed E-state index contributed by atoms with van der Waals surface area (Å²) in [4.78, 5) is 76.9. The van der Waals surface area contributed by atoms with E-state index in [1.165, 1.54) is 17.0 Å². The maximum atomic E-state index is 13.3. The van der Waals surface area contributed by atoms with Gasteiger partial charge in [0, 0.05) is 31.0 Å². The number of benzene rings is 3. The Morgan fingerprint density at radius 3 is 2.12 bits per heavy atom. The molecule has 3 aromatic carbocycles. The Hall–Kier alpha value is -5.72. The van der Waals surface area contributed by atoms with E-state index in [2.05, 4.69) is 10.6 Å². The number of likely N-dealkylation sites (tertiary alicyclic amines) is 1. The Morgan fingerprint density at radius 2 is 1.50 bits per heavy atom. The Labute approximate surface area is 290 Å². The number of primary amides is 1. The van der Waals surface area contributed by atoms with Crippen LogP contribution in [0.4, 0.5) is 4.79 Å². The van der Waals surface area contributed by atoms with E-state index in [9.17, 15) is 33.9 Å². The highest BCUT2D eigenvalue weighted by atomic mass is 16.6. The summed E-state index contributed by atoms with van der Waals surface area (Å²) < 4.78 is 11.1. The third-order valence-corrected chi connectivity index (χ3v) is 8.22. The molecule has 13 heteroatoms. The zero-order chi connectivity index (χ0) is 36.2. The van der Waals surface area contributed by atoms with Gasteiger partial charge in [0.25, 0.3) is 5.91 Å². The van der Waals surface area contributed by atoms with E-state index in [1.54, 1.807) is 66.7 Å². The number of nitrogens with two attached hydrogens (primary N) is 1. The molecule has 0 radical (unpaired) electrons. The number of ether oxygens (including phenoxy) is 2. The van der Waals surface area contributed by atoms with E-state index in [4.69, 9.17) is 15.2 Å². The van der Waals surface area contributed by atoms with E-state index in [1.807, 2.05) is 13.8 Å². The molecule has 0 bridgehead atoms. The number of ketones is 1. The standard InChI is InChI=1S/C37H42N4O9/c1-23(2)20-29(39-32(42)22-49-31-11-7-6-10-28(31)33(43)25-8-4-3-5-9-25)35(45)40-30(36(46)47)21-24-12-14-27(15-13-24)50-37(48)41-18-16-26(17-19-41)34(38)44/h3-15,23,26,29-30H,16-22H2,1-2H3,(H2,38,44)(H,39,42)(H,40,45)(H,46,47)/t29-,30-/m0/s1. The number of hydrogen-bond donors (Lipinski definition) is 4. The van der Waals surface area contributed by atoms with Crippen LogP contribution < -0.4 is 25.8 Å². The van der Waals surface area contributed by atoms with Gasteiger partial charge in [0.1, 0.15) is 23.6 Å². The highest BCUT2D eigenvalue weighted by Gasteiger charge is 2.29. The predicted octanol–water partition coefficient (Wildman–Crippen LogP) is 3.34. The number of para-hydroxylation sites is 1. The molecule has 1 aliphatic rings. The zero-order valence-electron chi connectivity index (χ0n) is 28.0. The second-order valence-electron chi connectivity index (χ2n) is 12.5. The van der Waals surface area contributed by atoms with Gasteiger partial charge in [0.15, 0.2) is 12.4 Å². The number of aliphatic carboxylic acids is 1. The highest BCUT2D eigenvalue weighted by Crippen LogP contribution is 2.22. The molecule has 0 unspecified atom stereocenters. The summed E-state index contributed by atoms with van der Waals surface area (Å²) in [6.07, 6.45) is 0.519. The second kappa shape index (κ2) is 17.6. The normalized spacial score (nSPS) is 14.3. The molecule has 5 N–H and O–H groups in total. The van der Waals surface area contributed by atoms with Gasteiger partial charge >= 0.3 is 12.1 Å². The van der Waals surface area contributed by atoms with Gasteiger partial charge in [-0.2, -0.15) is 0 Å². The van der Waals surface area contributed by atoms with Crippen molar-refractivity contribution in [3.8, 4) is 11.5 Å². The number of carboxylic acids is 1. The lowest BCUT2D eigenvalue weighted by Gasteiger charge is -2.29. The van der Waals surface area contributed by atoms with E-state index in [-0.39, 0.29) is 53.4 Å². The van der Waals surface area contributed by atoms with Crippen LogP contribution in [0.15, 0.2) is 78.9 Å². The molecular weight excluding hydrogens is 644 g/mol. The number of hydrogen-bond acceptors (Lipinski definition) is 8. The first-order chi connectivity index (χ1) is 23.9. The summed E-state index contributed by atoms with van der Waals surface area (Å²) in [7, 11) is 0. The minimum atomic E-state index is -1.32. The van der Waals surface area contributed by atoms with Crippen molar-refractivity contribution < 1.29 is 43.3 Å².